The van der Waals surface area contributed by atoms with Crippen molar-refractivity contribution in [1.82, 2.24) is 4.90 Å². The lowest BCUT2D eigenvalue weighted by Gasteiger charge is -2.22. The fourth-order valence-corrected chi connectivity index (χ4v) is 2.09. The number of nitrogens with zero attached hydrogens (tertiary/aromatic N) is 1. The molecule has 1 heterocycles. The van der Waals surface area contributed by atoms with Crippen molar-refractivity contribution in [2.45, 2.75) is 38.2 Å². The maximum absolute atomic E-state index is 11.6. The second-order valence-corrected chi connectivity index (χ2v) is 4.96. The third kappa shape index (κ3) is 3.58. The van der Waals surface area contributed by atoms with E-state index in [1.165, 1.54) is 0 Å². The highest BCUT2D eigenvalue weighted by atomic mass is 79.9. The van der Waals surface area contributed by atoms with Crippen molar-refractivity contribution in [2.75, 3.05) is 18.4 Å². The van der Waals surface area contributed by atoms with Crippen LogP contribution in [0.25, 0.3) is 0 Å². The molecule has 1 aliphatic rings. The molecule has 82 valence electrons. The fourth-order valence-electron chi connectivity index (χ4n) is 1.75. The summed E-state index contributed by atoms with van der Waals surface area (Å²) in [5.41, 5.74) is -0.580. The first-order chi connectivity index (χ1) is 6.55. The molecule has 0 aromatic heterocycles. The van der Waals surface area contributed by atoms with E-state index in [1.807, 2.05) is 11.8 Å². The summed E-state index contributed by atoms with van der Waals surface area (Å²) in [5.74, 6) is 0.194. The van der Waals surface area contributed by atoms with Crippen molar-refractivity contribution >= 4 is 21.8 Å². The molecule has 0 bridgehead atoms. The summed E-state index contributed by atoms with van der Waals surface area (Å²) in [7, 11) is 0. The zero-order valence-corrected chi connectivity index (χ0v) is 10.2. The molecule has 3 nitrogen and oxygen atoms in total. The molecule has 0 spiro atoms. The van der Waals surface area contributed by atoms with Crippen molar-refractivity contribution in [1.29, 1.82) is 0 Å². The summed E-state index contributed by atoms with van der Waals surface area (Å²) in [5, 5.41) is 10.6. The molecule has 0 radical (unpaired) electrons. The minimum absolute atomic E-state index is 0.194. The van der Waals surface area contributed by atoms with Crippen molar-refractivity contribution in [3.8, 4) is 0 Å². The zero-order chi connectivity index (χ0) is 10.6. The molecule has 0 aromatic rings. The minimum Gasteiger partial charge on any atom is -0.390 e. The zero-order valence-electron chi connectivity index (χ0n) is 8.63. The van der Waals surface area contributed by atoms with Gasteiger partial charge in [-0.1, -0.05) is 15.9 Å². The van der Waals surface area contributed by atoms with Gasteiger partial charge in [0.05, 0.1) is 5.60 Å². The quantitative estimate of drug-likeness (QED) is 0.768. The topological polar surface area (TPSA) is 40.5 Å². The normalized spacial score (nSPS) is 28.6. The average molecular weight is 264 g/mol. The first-order valence-corrected chi connectivity index (χ1v) is 6.23. The van der Waals surface area contributed by atoms with Crippen LogP contribution in [0, 0.1) is 0 Å². The highest BCUT2D eigenvalue weighted by molar-refractivity contribution is 9.09. The predicted molar refractivity (Wildman–Crippen MR) is 59.5 cm³/mol. The number of hydrogen-bond acceptors (Lipinski definition) is 2. The van der Waals surface area contributed by atoms with E-state index in [9.17, 15) is 9.90 Å². The van der Waals surface area contributed by atoms with Crippen molar-refractivity contribution in [2.24, 2.45) is 0 Å². The number of alkyl halides is 1. The Morgan fingerprint density at radius 1 is 1.50 bits per heavy atom. The van der Waals surface area contributed by atoms with E-state index in [4.69, 9.17) is 0 Å². The molecule has 4 heteroatoms. The number of carbonyl (C=O) groups is 1. The number of hydrogen-bond donors (Lipinski definition) is 1. The summed E-state index contributed by atoms with van der Waals surface area (Å²) < 4.78 is 0. The lowest BCUT2D eigenvalue weighted by molar-refractivity contribution is -0.130. The van der Waals surface area contributed by atoms with Crippen LogP contribution in [0.2, 0.25) is 0 Å². The van der Waals surface area contributed by atoms with Crippen LogP contribution < -0.4 is 0 Å². The van der Waals surface area contributed by atoms with E-state index in [2.05, 4.69) is 15.9 Å². The first kappa shape index (κ1) is 12.0. The molecule has 1 N–H and O–H groups in total. The highest BCUT2D eigenvalue weighted by Crippen LogP contribution is 2.21. The van der Waals surface area contributed by atoms with E-state index in [0.29, 0.717) is 19.4 Å². The molecule has 1 fully saturated rings. The van der Waals surface area contributed by atoms with E-state index in [1.54, 1.807) is 0 Å². The molecule has 14 heavy (non-hydrogen) atoms. The number of halogens is 1. The van der Waals surface area contributed by atoms with Crippen molar-refractivity contribution < 1.29 is 9.90 Å². The van der Waals surface area contributed by atoms with Gasteiger partial charge in [-0.2, -0.15) is 0 Å². The van der Waals surface area contributed by atoms with Gasteiger partial charge >= 0.3 is 0 Å². The van der Waals surface area contributed by atoms with Crippen LogP contribution in [0.1, 0.15) is 32.6 Å². The van der Waals surface area contributed by atoms with Gasteiger partial charge in [-0.25, -0.2) is 0 Å². The van der Waals surface area contributed by atoms with Gasteiger partial charge in [-0.15, -0.1) is 0 Å². The Morgan fingerprint density at radius 2 is 2.21 bits per heavy atom. The van der Waals surface area contributed by atoms with Crippen LogP contribution in [0.15, 0.2) is 0 Å². The molecular weight excluding hydrogens is 246 g/mol. The van der Waals surface area contributed by atoms with Gasteiger partial charge in [0, 0.05) is 24.8 Å². The van der Waals surface area contributed by atoms with Crippen molar-refractivity contribution in [3.63, 3.8) is 0 Å². The second kappa shape index (κ2) is 5.12. The number of rotatable bonds is 2. The molecule has 1 unspecified atom stereocenters. The smallest absolute Gasteiger partial charge is 0.223 e. The number of aliphatic hydroxyl groups is 1. The van der Waals surface area contributed by atoms with E-state index >= 15 is 0 Å². The standard InChI is InChI=1S/C10H18BrNO2/c1-10(14)4-2-7-12(8-5-10)9(13)3-6-11/h14H,2-8H2,1H3. The van der Waals surface area contributed by atoms with E-state index in [-0.39, 0.29) is 5.91 Å². The van der Waals surface area contributed by atoms with Crippen LogP contribution in [0.4, 0.5) is 0 Å². The van der Waals surface area contributed by atoms with Crippen molar-refractivity contribution in [3.05, 3.63) is 0 Å². The summed E-state index contributed by atoms with van der Waals surface area (Å²) in [4.78, 5) is 13.4. The molecule has 1 rings (SSSR count). The highest BCUT2D eigenvalue weighted by Gasteiger charge is 2.26. The summed E-state index contributed by atoms with van der Waals surface area (Å²) in [6.45, 7) is 3.34. The molecular formula is C10H18BrNO2. The van der Waals surface area contributed by atoms with Gasteiger partial charge in [0.1, 0.15) is 0 Å². The van der Waals surface area contributed by atoms with Gasteiger partial charge in [0.25, 0.3) is 0 Å². The second-order valence-electron chi connectivity index (χ2n) is 4.17. The Bertz CT molecular complexity index is 206. The maximum Gasteiger partial charge on any atom is 0.223 e. The predicted octanol–water partition coefficient (Wildman–Crippen LogP) is 1.53. The monoisotopic (exact) mass is 263 g/mol. The summed E-state index contributed by atoms with van der Waals surface area (Å²) in [6.07, 6.45) is 2.95. The van der Waals surface area contributed by atoms with Crippen LogP contribution >= 0.6 is 15.9 Å². The molecule has 0 saturated carbocycles. The van der Waals surface area contributed by atoms with E-state index in [0.717, 1.165) is 24.7 Å². The molecule has 0 aliphatic carbocycles. The average Bonchev–Trinajstić information content (AvgIpc) is 2.27. The largest absolute Gasteiger partial charge is 0.390 e. The third-order valence-electron chi connectivity index (χ3n) is 2.72. The SMILES string of the molecule is CC1(O)CCCN(C(=O)CCBr)CC1. The molecule has 0 aromatic carbocycles. The molecule has 1 saturated heterocycles. The number of amides is 1. The maximum atomic E-state index is 11.6. The number of likely N-dealkylation sites (tertiary alicyclic amines) is 1. The van der Waals surface area contributed by atoms with Gasteiger partial charge in [-0.3, -0.25) is 4.79 Å². The number of carbonyl (C=O) groups excluding carboxylic acids is 1. The third-order valence-corrected chi connectivity index (χ3v) is 3.12. The van der Waals surface area contributed by atoms with Gasteiger partial charge in [0.2, 0.25) is 5.91 Å². The Balaban J connectivity index is 2.45. The van der Waals surface area contributed by atoms with Gasteiger partial charge in [0.15, 0.2) is 0 Å². The molecule has 1 aliphatic heterocycles. The Morgan fingerprint density at radius 3 is 2.86 bits per heavy atom. The molecule has 1 amide bonds. The fraction of sp³-hybridized carbons (Fsp3) is 0.900. The van der Waals surface area contributed by atoms with Gasteiger partial charge in [-0.05, 0) is 26.2 Å². The summed E-state index contributed by atoms with van der Waals surface area (Å²) >= 11 is 3.26. The molecule has 1 atom stereocenters. The minimum atomic E-state index is -0.580. The van der Waals surface area contributed by atoms with Crippen LogP contribution in [0.5, 0.6) is 0 Å². The van der Waals surface area contributed by atoms with Crippen LogP contribution in [-0.4, -0.2) is 39.9 Å². The Kier molecular flexibility index (Phi) is 4.38. The van der Waals surface area contributed by atoms with Gasteiger partial charge < -0.3 is 10.0 Å². The Hall–Kier alpha value is -0.0900. The van der Waals surface area contributed by atoms with Crippen LogP contribution in [-0.2, 0) is 4.79 Å². The first-order valence-electron chi connectivity index (χ1n) is 5.11. The van der Waals surface area contributed by atoms with E-state index < -0.39 is 5.60 Å². The van der Waals surface area contributed by atoms with Crippen LogP contribution in [0.3, 0.4) is 0 Å². The lowest BCUT2D eigenvalue weighted by atomic mass is 9.98. The Labute approximate surface area is 93.6 Å². The summed E-state index contributed by atoms with van der Waals surface area (Å²) in [6, 6.07) is 0. The lowest BCUT2D eigenvalue weighted by Crippen LogP contribution is -2.33.